The minimum atomic E-state index is -0.324. The topological polar surface area (TPSA) is 39.9 Å². The summed E-state index contributed by atoms with van der Waals surface area (Å²) in [6.07, 6.45) is 5.43. The van der Waals surface area contributed by atoms with Gasteiger partial charge in [-0.15, -0.1) is 5.10 Å². The van der Waals surface area contributed by atoms with Crippen LogP contribution < -0.4 is 0 Å². The normalized spacial score (nSPS) is 15.0. The molecule has 1 aromatic heterocycles. The molecule has 0 saturated carbocycles. The fourth-order valence-corrected chi connectivity index (χ4v) is 3.74. The lowest BCUT2D eigenvalue weighted by atomic mass is 9.64. The van der Waals surface area contributed by atoms with E-state index in [2.05, 4.69) is 118 Å². The first-order chi connectivity index (χ1) is 13.2. The Balaban J connectivity index is 3.06. The molecule has 0 N–H and O–H groups in total. The Morgan fingerprint density at radius 1 is 0.833 bits per heavy atom. The summed E-state index contributed by atoms with van der Waals surface area (Å²) < 4.78 is 8.64. The zero-order valence-corrected chi connectivity index (χ0v) is 22.7. The van der Waals surface area contributed by atoms with E-state index in [4.69, 9.17) is 4.74 Å². The molecule has 0 amide bonds. The van der Waals surface area contributed by atoms with Gasteiger partial charge in [-0.05, 0) is 51.4 Å². The number of nitrogens with zero attached hydrogens (tertiary/aromatic N) is 3. The molecule has 1 aromatic rings. The molecule has 0 aliphatic carbocycles. The van der Waals surface area contributed by atoms with Crippen LogP contribution >= 0.6 is 0 Å². The molecule has 1 rings (SSSR count). The van der Waals surface area contributed by atoms with Gasteiger partial charge in [0.05, 0.1) is 16.8 Å². The number of hydrogen-bond donors (Lipinski definition) is 0. The Morgan fingerprint density at radius 2 is 1.37 bits per heavy atom. The first-order valence-corrected chi connectivity index (χ1v) is 11.8. The number of ether oxygens (including phenoxy) is 1. The van der Waals surface area contributed by atoms with E-state index < -0.39 is 0 Å². The Morgan fingerprint density at radius 3 is 1.83 bits per heavy atom. The average molecular weight is 422 g/mol. The lowest BCUT2D eigenvalue weighted by Crippen LogP contribution is -2.56. The summed E-state index contributed by atoms with van der Waals surface area (Å²) in [4.78, 5) is 0. The Labute approximate surface area is 187 Å². The smallest absolute Gasteiger partial charge is 0.0883 e. The molecular weight excluding hydrogens is 370 g/mol. The van der Waals surface area contributed by atoms with Gasteiger partial charge < -0.3 is 4.74 Å². The maximum absolute atomic E-state index is 6.58. The van der Waals surface area contributed by atoms with Crippen molar-refractivity contribution < 1.29 is 4.74 Å². The highest BCUT2D eigenvalue weighted by atomic mass is 16.5. The van der Waals surface area contributed by atoms with Crippen LogP contribution in [0.1, 0.15) is 122 Å². The zero-order chi connectivity index (χ0) is 23.8. The van der Waals surface area contributed by atoms with Gasteiger partial charge >= 0.3 is 0 Å². The fraction of sp³-hybridized carbons (Fsp3) is 0.923. The SMILES string of the molecule is CCCC(C)(C)c1cn(C(C)(C)C(C)(C)C(C)(C)OCCC(C)(C)C(C)(C)C)nn1. The van der Waals surface area contributed by atoms with Crippen LogP contribution in [0.4, 0.5) is 0 Å². The van der Waals surface area contributed by atoms with E-state index in [1.165, 1.54) is 0 Å². The molecule has 0 atom stereocenters. The van der Waals surface area contributed by atoms with Crippen molar-refractivity contribution in [3.63, 3.8) is 0 Å². The van der Waals surface area contributed by atoms with Gasteiger partial charge in [-0.1, -0.05) is 80.9 Å². The highest BCUT2D eigenvalue weighted by Crippen LogP contribution is 2.48. The predicted octanol–water partition coefficient (Wildman–Crippen LogP) is 7.37. The van der Waals surface area contributed by atoms with E-state index in [0.29, 0.717) is 0 Å². The summed E-state index contributed by atoms with van der Waals surface area (Å²) in [7, 11) is 0. The second kappa shape index (κ2) is 8.56. The first-order valence-electron chi connectivity index (χ1n) is 11.8. The first kappa shape index (κ1) is 27.1. The maximum atomic E-state index is 6.58. The maximum Gasteiger partial charge on any atom is 0.0883 e. The van der Waals surface area contributed by atoms with Gasteiger partial charge in [-0.25, -0.2) is 4.68 Å². The third-order valence-electron chi connectivity index (χ3n) is 8.89. The Kier molecular flexibility index (Phi) is 7.74. The van der Waals surface area contributed by atoms with Crippen molar-refractivity contribution in [2.24, 2.45) is 16.2 Å². The monoisotopic (exact) mass is 421 g/mol. The highest BCUT2D eigenvalue weighted by Gasteiger charge is 2.51. The molecule has 0 aliphatic heterocycles. The molecule has 0 bridgehead atoms. The van der Waals surface area contributed by atoms with Crippen molar-refractivity contribution in [2.75, 3.05) is 6.61 Å². The van der Waals surface area contributed by atoms with Gasteiger partial charge in [-0.2, -0.15) is 0 Å². The van der Waals surface area contributed by atoms with Crippen molar-refractivity contribution in [3.8, 4) is 0 Å². The van der Waals surface area contributed by atoms with Crippen molar-refractivity contribution >= 4 is 0 Å². The van der Waals surface area contributed by atoms with Crippen LogP contribution in [-0.4, -0.2) is 27.2 Å². The van der Waals surface area contributed by atoms with E-state index in [-0.39, 0.29) is 32.8 Å². The van der Waals surface area contributed by atoms with Crippen molar-refractivity contribution in [3.05, 3.63) is 11.9 Å². The van der Waals surface area contributed by atoms with Crippen LogP contribution in [0.15, 0.2) is 6.20 Å². The second-order valence-corrected chi connectivity index (χ2v) is 13.1. The van der Waals surface area contributed by atoms with Crippen LogP contribution in [0.3, 0.4) is 0 Å². The molecule has 176 valence electrons. The Bertz CT molecular complexity index is 687. The van der Waals surface area contributed by atoms with Gasteiger partial charge in [0.15, 0.2) is 0 Å². The molecule has 1 heterocycles. The summed E-state index contributed by atoms with van der Waals surface area (Å²) in [5, 5.41) is 9.14. The van der Waals surface area contributed by atoms with Crippen LogP contribution in [-0.2, 0) is 15.7 Å². The third kappa shape index (κ3) is 5.29. The quantitative estimate of drug-likeness (QED) is 0.396. The summed E-state index contributed by atoms with van der Waals surface area (Å²) in [6.45, 7) is 32.6. The molecule has 0 unspecified atom stereocenters. The molecule has 0 fully saturated rings. The van der Waals surface area contributed by atoms with Crippen molar-refractivity contribution in [1.82, 2.24) is 15.0 Å². The van der Waals surface area contributed by atoms with Crippen molar-refractivity contribution in [1.29, 1.82) is 0 Å². The van der Waals surface area contributed by atoms with E-state index in [9.17, 15) is 0 Å². The van der Waals surface area contributed by atoms with E-state index in [1.54, 1.807) is 0 Å². The molecule has 0 saturated heterocycles. The lowest BCUT2D eigenvalue weighted by molar-refractivity contribution is -0.148. The summed E-state index contributed by atoms with van der Waals surface area (Å²) in [5.74, 6) is 0. The van der Waals surface area contributed by atoms with Gasteiger partial charge in [0.25, 0.3) is 0 Å². The molecule has 0 spiro atoms. The summed E-state index contributed by atoms with van der Waals surface area (Å²) >= 11 is 0. The molecule has 4 nitrogen and oxygen atoms in total. The lowest BCUT2D eigenvalue weighted by Gasteiger charge is -2.51. The number of aromatic nitrogens is 3. The van der Waals surface area contributed by atoms with E-state index >= 15 is 0 Å². The van der Waals surface area contributed by atoms with Gasteiger partial charge in [0, 0.05) is 23.6 Å². The summed E-state index contributed by atoms with van der Waals surface area (Å²) in [6, 6.07) is 0. The van der Waals surface area contributed by atoms with E-state index in [1.807, 2.05) is 0 Å². The van der Waals surface area contributed by atoms with E-state index in [0.717, 1.165) is 31.6 Å². The van der Waals surface area contributed by atoms with Crippen LogP contribution in [0, 0.1) is 16.2 Å². The minimum absolute atomic E-state index is 0.0395. The van der Waals surface area contributed by atoms with Crippen LogP contribution in [0.2, 0.25) is 0 Å². The summed E-state index contributed by atoms with van der Waals surface area (Å²) in [5.41, 5.74) is 0.813. The third-order valence-corrected chi connectivity index (χ3v) is 8.89. The molecule has 4 heteroatoms. The van der Waals surface area contributed by atoms with Gasteiger partial charge in [0.2, 0.25) is 0 Å². The van der Waals surface area contributed by atoms with Crippen LogP contribution in [0.25, 0.3) is 0 Å². The predicted molar refractivity (Wildman–Crippen MR) is 129 cm³/mol. The Hall–Kier alpha value is -0.900. The average Bonchev–Trinajstić information content (AvgIpc) is 3.04. The molecular formula is C26H51N3O. The standard InChI is InChI=1S/C26H51N3O/c1-15-16-22(5,6)20-19-29(28-27-20)25(11,12)24(9,10)26(13,14)30-18-17-23(7,8)21(2,3)4/h19H,15-18H2,1-14H3. The van der Waals surface area contributed by atoms with Crippen LogP contribution in [0.5, 0.6) is 0 Å². The minimum Gasteiger partial charge on any atom is -0.375 e. The molecule has 0 aliphatic rings. The van der Waals surface area contributed by atoms with Gasteiger partial charge in [0.1, 0.15) is 0 Å². The number of hydrogen-bond acceptors (Lipinski definition) is 3. The number of rotatable bonds is 10. The van der Waals surface area contributed by atoms with Gasteiger partial charge in [-0.3, -0.25) is 0 Å². The molecule has 0 radical (unpaired) electrons. The molecule has 30 heavy (non-hydrogen) atoms. The highest BCUT2D eigenvalue weighted by molar-refractivity contribution is 5.11. The zero-order valence-electron chi connectivity index (χ0n) is 22.7. The largest absolute Gasteiger partial charge is 0.375 e. The fourth-order valence-electron chi connectivity index (χ4n) is 3.74. The van der Waals surface area contributed by atoms with Crippen molar-refractivity contribution in [2.45, 2.75) is 133 Å². The second-order valence-electron chi connectivity index (χ2n) is 13.1. The molecule has 0 aromatic carbocycles.